The molecule has 0 saturated carbocycles. The predicted molar refractivity (Wildman–Crippen MR) is 84.4 cm³/mol. The number of aromatic nitrogens is 1. The minimum atomic E-state index is 0.647. The number of nitrogens with one attached hydrogen (secondary N) is 2. The highest BCUT2D eigenvalue weighted by atomic mass is 32.1. The summed E-state index contributed by atoms with van der Waals surface area (Å²) in [5, 5.41) is 6.12. The molecule has 1 aromatic heterocycles. The Bertz CT molecular complexity index is 796. The van der Waals surface area contributed by atoms with Crippen molar-refractivity contribution >= 4 is 45.7 Å². The molecular formula is C15H11N3O2S. The highest BCUT2D eigenvalue weighted by molar-refractivity contribution is 7.21. The van der Waals surface area contributed by atoms with Gasteiger partial charge in [-0.15, -0.1) is 11.3 Å². The predicted octanol–water partition coefficient (Wildman–Crippen LogP) is 3.10. The Balaban J connectivity index is 1.96. The van der Waals surface area contributed by atoms with E-state index in [1.807, 2.05) is 42.5 Å². The zero-order valence-corrected chi connectivity index (χ0v) is 11.7. The molecule has 0 aliphatic rings. The van der Waals surface area contributed by atoms with E-state index in [-0.39, 0.29) is 0 Å². The topological polar surface area (TPSA) is 71.1 Å². The van der Waals surface area contributed by atoms with Crippen LogP contribution < -0.4 is 10.6 Å². The Hall–Kier alpha value is -2.73. The second-order valence-corrected chi connectivity index (χ2v) is 5.33. The van der Waals surface area contributed by atoms with Gasteiger partial charge in [0.25, 0.3) is 0 Å². The largest absolute Gasteiger partial charge is 0.329 e. The summed E-state index contributed by atoms with van der Waals surface area (Å²) < 4.78 is 1.01. The molecule has 2 aromatic carbocycles. The standard InChI is InChI=1S/C15H11N3O2S/c19-8-16-11-3-1-10(2-4-11)15-18-13-6-5-12(17-9-20)7-14(13)21-15/h1-9H,(H,16,19)(H,17,20). The fraction of sp³-hybridized carbons (Fsp3) is 0. The molecule has 1 heterocycles. The van der Waals surface area contributed by atoms with Gasteiger partial charge in [-0.2, -0.15) is 0 Å². The zero-order valence-electron chi connectivity index (χ0n) is 10.9. The van der Waals surface area contributed by atoms with E-state index in [9.17, 15) is 9.59 Å². The number of fused-ring (bicyclic) bond motifs is 1. The molecule has 0 aliphatic heterocycles. The van der Waals surface area contributed by atoms with E-state index in [1.54, 1.807) is 11.3 Å². The highest BCUT2D eigenvalue weighted by Gasteiger charge is 2.07. The van der Waals surface area contributed by atoms with Gasteiger partial charge in [-0.25, -0.2) is 4.98 Å². The molecule has 0 atom stereocenters. The van der Waals surface area contributed by atoms with Crippen molar-refractivity contribution in [2.24, 2.45) is 0 Å². The molecular weight excluding hydrogens is 286 g/mol. The van der Waals surface area contributed by atoms with Crippen LogP contribution in [0.5, 0.6) is 0 Å². The van der Waals surface area contributed by atoms with Gasteiger partial charge < -0.3 is 10.6 Å². The van der Waals surface area contributed by atoms with Crippen LogP contribution >= 0.6 is 11.3 Å². The lowest BCUT2D eigenvalue weighted by Crippen LogP contribution is -1.92. The van der Waals surface area contributed by atoms with Crippen LogP contribution in [0, 0.1) is 0 Å². The fourth-order valence-electron chi connectivity index (χ4n) is 1.98. The molecule has 2 N–H and O–H groups in total. The first-order valence-electron chi connectivity index (χ1n) is 6.21. The summed E-state index contributed by atoms with van der Waals surface area (Å²) in [5.74, 6) is 0. The van der Waals surface area contributed by atoms with Crippen molar-refractivity contribution < 1.29 is 9.59 Å². The fourth-order valence-corrected chi connectivity index (χ4v) is 2.99. The molecule has 0 bridgehead atoms. The number of nitrogens with zero attached hydrogens (tertiary/aromatic N) is 1. The van der Waals surface area contributed by atoms with Gasteiger partial charge in [0.2, 0.25) is 12.8 Å². The zero-order chi connectivity index (χ0) is 14.7. The molecule has 0 radical (unpaired) electrons. The molecule has 21 heavy (non-hydrogen) atoms. The first kappa shape index (κ1) is 13.3. The molecule has 0 spiro atoms. The van der Waals surface area contributed by atoms with Crippen molar-refractivity contribution in [3.8, 4) is 10.6 Å². The van der Waals surface area contributed by atoms with Gasteiger partial charge in [-0.05, 0) is 42.5 Å². The monoisotopic (exact) mass is 297 g/mol. The molecule has 0 unspecified atom stereocenters. The SMILES string of the molecule is O=CNc1ccc(-c2nc3ccc(NC=O)cc3s2)cc1. The molecule has 104 valence electrons. The second-order valence-electron chi connectivity index (χ2n) is 4.30. The van der Waals surface area contributed by atoms with Gasteiger partial charge in [-0.1, -0.05) is 0 Å². The van der Waals surface area contributed by atoms with Crippen LogP contribution in [0.15, 0.2) is 42.5 Å². The van der Waals surface area contributed by atoms with Crippen molar-refractivity contribution in [1.82, 2.24) is 4.98 Å². The Morgan fingerprint density at radius 3 is 2.29 bits per heavy atom. The number of benzene rings is 2. The highest BCUT2D eigenvalue weighted by Crippen LogP contribution is 2.32. The van der Waals surface area contributed by atoms with E-state index < -0.39 is 0 Å². The van der Waals surface area contributed by atoms with Crippen LogP contribution in [0.25, 0.3) is 20.8 Å². The molecule has 3 aromatic rings. The number of carbonyl (C=O) groups excluding carboxylic acids is 2. The summed E-state index contributed by atoms with van der Waals surface area (Å²) in [6.07, 6.45) is 1.30. The summed E-state index contributed by atoms with van der Waals surface area (Å²) >= 11 is 1.55. The number of thiazole rings is 1. The van der Waals surface area contributed by atoms with E-state index in [1.165, 1.54) is 0 Å². The number of amides is 2. The molecule has 0 fully saturated rings. The van der Waals surface area contributed by atoms with E-state index in [0.29, 0.717) is 12.8 Å². The second kappa shape index (κ2) is 5.72. The average molecular weight is 297 g/mol. The number of hydrogen-bond acceptors (Lipinski definition) is 4. The third-order valence-corrected chi connectivity index (χ3v) is 4.04. The maximum absolute atomic E-state index is 10.5. The third-order valence-electron chi connectivity index (χ3n) is 2.97. The van der Waals surface area contributed by atoms with Crippen molar-refractivity contribution in [2.75, 3.05) is 10.6 Å². The minimum absolute atomic E-state index is 0.647. The van der Waals surface area contributed by atoms with Crippen molar-refractivity contribution in [3.63, 3.8) is 0 Å². The smallest absolute Gasteiger partial charge is 0.211 e. The molecule has 6 heteroatoms. The average Bonchev–Trinajstić information content (AvgIpc) is 2.92. The third kappa shape index (κ3) is 2.75. The van der Waals surface area contributed by atoms with Crippen molar-refractivity contribution in [2.45, 2.75) is 0 Å². The van der Waals surface area contributed by atoms with E-state index in [2.05, 4.69) is 15.6 Å². The minimum Gasteiger partial charge on any atom is -0.329 e. The normalized spacial score (nSPS) is 10.3. The van der Waals surface area contributed by atoms with Crippen LogP contribution in [0.4, 0.5) is 11.4 Å². The van der Waals surface area contributed by atoms with Gasteiger partial charge in [0.1, 0.15) is 5.01 Å². The molecule has 0 saturated heterocycles. The van der Waals surface area contributed by atoms with Crippen LogP contribution in [-0.2, 0) is 9.59 Å². The maximum atomic E-state index is 10.5. The van der Waals surface area contributed by atoms with E-state index in [4.69, 9.17) is 0 Å². The molecule has 5 nitrogen and oxygen atoms in total. The Morgan fingerprint density at radius 1 is 0.905 bits per heavy atom. The van der Waals surface area contributed by atoms with E-state index >= 15 is 0 Å². The van der Waals surface area contributed by atoms with Gasteiger partial charge in [-0.3, -0.25) is 9.59 Å². The van der Waals surface area contributed by atoms with Crippen molar-refractivity contribution in [1.29, 1.82) is 0 Å². The van der Waals surface area contributed by atoms with E-state index in [0.717, 1.165) is 32.2 Å². The lowest BCUT2D eigenvalue weighted by atomic mass is 10.2. The summed E-state index contributed by atoms with van der Waals surface area (Å²) in [4.78, 5) is 25.4. The first-order valence-corrected chi connectivity index (χ1v) is 7.03. The number of carbonyl (C=O) groups is 2. The summed E-state index contributed by atoms with van der Waals surface area (Å²) in [5.41, 5.74) is 3.37. The van der Waals surface area contributed by atoms with Gasteiger partial charge in [0, 0.05) is 16.9 Å². The van der Waals surface area contributed by atoms with Crippen LogP contribution in [0.1, 0.15) is 0 Å². The van der Waals surface area contributed by atoms with Crippen LogP contribution in [0.2, 0.25) is 0 Å². The Labute approximate surface area is 124 Å². The number of hydrogen-bond donors (Lipinski definition) is 2. The Morgan fingerprint density at radius 2 is 1.57 bits per heavy atom. The molecule has 3 rings (SSSR count). The quantitative estimate of drug-likeness (QED) is 0.711. The maximum Gasteiger partial charge on any atom is 0.211 e. The Kier molecular flexibility index (Phi) is 3.61. The first-order chi connectivity index (χ1) is 10.3. The molecule has 2 amide bonds. The van der Waals surface area contributed by atoms with Gasteiger partial charge in [0.15, 0.2) is 0 Å². The number of rotatable bonds is 5. The lowest BCUT2D eigenvalue weighted by molar-refractivity contribution is -0.106. The number of anilines is 2. The summed E-state index contributed by atoms with van der Waals surface area (Å²) in [6.45, 7) is 0. The van der Waals surface area contributed by atoms with Gasteiger partial charge in [0.05, 0.1) is 10.2 Å². The van der Waals surface area contributed by atoms with Crippen molar-refractivity contribution in [3.05, 3.63) is 42.5 Å². The summed E-state index contributed by atoms with van der Waals surface area (Å²) in [7, 11) is 0. The van der Waals surface area contributed by atoms with Crippen LogP contribution in [-0.4, -0.2) is 17.8 Å². The van der Waals surface area contributed by atoms with Crippen LogP contribution in [0.3, 0.4) is 0 Å². The summed E-state index contributed by atoms with van der Waals surface area (Å²) in [6, 6.07) is 13.1. The lowest BCUT2D eigenvalue weighted by Gasteiger charge is -1.99. The van der Waals surface area contributed by atoms with Gasteiger partial charge >= 0.3 is 0 Å². The molecule has 0 aliphatic carbocycles.